The first-order valence-corrected chi connectivity index (χ1v) is 10.4. The van der Waals surface area contributed by atoms with Crippen LogP contribution in [0.5, 0.6) is 0 Å². The van der Waals surface area contributed by atoms with Crippen molar-refractivity contribution in [3.05, 3.63) is 72.3 Å². The van der Waals surface area contributed by atoms with Crippen molar-refractivity contribution in [2.75, 3.05) is 5.32 Å². The fourth-order valence-corrected chi connectivity index (χ4v) is 4.28. The highest BCUT2D eigenvalue weighted by atomic mass is 16.1. The second kappa shape index (κ2) is 7.05. The molecule has 0 radical (unpaired) electrons. The Hall–Kier alpha value is -4.00. The number of carbonyl (C=O) groups is 1. The molecule has 7 heteroatoms. The number of anilines is 2. The number of Topliss-reactive ketones (excluding diaryl/α,β-unsaturated/α-hetero) is 1. The molecule has 31 heavy (non-hydrogen) atoms. The van der Waals surface area contributed by atoms with Crippen LogP contribution in [0.3, 0.4) is 0 Å². The third-order valence-corrected chi connectivity index (χ3v) is 5.87. The van der Waals surface area contributed by atoms with Crippen LogP contribution in [-0.2, 0) is 17.6 Å². The summed E-state index contributed by atoms with van der Waals surface area (Å²) in [4.78, 5) is 21.4. The zero-order valence-electron chi connectivity index (χ0n) is 16.8. The molecule has 0 saturated heterocycles. The van der Waals surface area contributed by atoms with Gasteiger partial charge in [-0.25, -0.2) is 9.97 Å². The minimum atomic E-state index is 0.306. The van der Waals surface area contributed by atoms with Gasteiger partial charge in [-0.15, -0.1) is 0 Å². The van der Waals surface area contributed by atoms with Gasteiger partial charge >= 0.3 is 0 Å². The van der Waals surface area contributed by atoms with Crippen molar-refractivity contribution >= 4 is 33.8 Å². The summed E-state index contributed by atoms with van der Waals surface area (Å²) < 4.78 is 1.97. The van der Waals surface area contributed by atoms with Crippen molar-refractivity contribution in [1.29, 1.82) is 0 Å². The first kappa shape index (κ1) is 17.8. The molecule has 3 heterocycles. The molecule has 6 rings (SSSR count). The SMILES string of the molecule is O=C1CCCc2ccc(Nc3nc(-c4ccc5cn[nH]c5c4)cn4ccnc34)cc2C1. The number of rotatable bonds is 3. The van der Waals surface area contributed by atoms with Crippen molar-refractivity contribution < 1.29 is 4.79 Å². The molecular weight excluding hydrogens is 388 g/mol. The van der Waals surface area contributed by atoms with Crippen molar-refractivity contribution in [3.8, 4) is 11.3 Å². The lowest BCUT2D eigenvalue weighted by Gasteiger charge is -2.12. The Labute approximate surface area is 178 Å². The summed E-state index contributed by atoms with van der Waals surface area (Å²) in [6.07, 6.45) is 10.5. The molecule has 7 nitrogen and oxygen atoms in total. The van der Waals surface area contributed by atoms with Crippen LogP contribution in [0.4, 0.5) is 11.5 Å². The van der Waals surface area contributed by atoms with Gasteiger partial charge in [0.25, 0.3) is 0 Å². The summed E-state index contributed by atoms with van der Waals surface area (Å²) in [5, 5.41) is 11.6. The van der Waals surface area contributed by atoms with E-state index in [1.807, 2.05) is 41.2 Å². The number of imidazole rings is 1. The van der Waals surface area contributed by atoms with Gasteiger partial charge in [-0.05, 0) is 42.2 Å². The lowest BCUT2D eigenvalue weighted by Crippen LogP contribution is -2.03. The molecule has 0 unspecified atom stereocenters. The number of carbonyl (C=O) groups excluding carboxylic acids is 1. The second-order valence-electron chi connectivity index (χ2n) is 7.98. The molecular formula is C24H20N6O. The van der Waals surface area contributed by atoms with Gasteiger partial charge in [0.2, 0.25) is 0 Å². The fourth-order valence-electron chi connectivity index (χ4n) is 4.28. The predicted octanol–water partition coefficient (Wildman–Crippen LogP) is 4.46. The van der Waals surface area contributed by atoms with Crippen LogP contribution in [0.1, 0.15) is 24.0 Å². The third kappa shape index (κ3) is 3.24. The maximum Gasteiger partial charge on any atom is 0.180 e. The van der Waals surface area contributed by atoms with Crippen LogP contribution >= 0.6 is 0 Å². The first-order chi connectivity index (χ1) is 15.2. The molecule has 2 aromatic carbocycles. The van der Waals surface area contributed by atoms with Gasteiger partial charge in [0.1, 0.15) is 5.78 Å². The molecule has 0 bridgehead atoms. The Kier molecular flexibility index (Phi) is 4.06. The van der Waals surface area contributed by atoms with Crippen LogP contribution < -0.4 is 5.32 Å². The Morgan fingerprint density at radius 2 is 2.03 bits per heavy atom. The fraction of sp³-hybridized carbons (Fsp3) is 0.167. The maximum atomic E-state index is 12.1. The third-order valence-electron chi connectivity index (χ3n) is 5.87. The number of aromatic nitrogens is 5. The molecule has 2 N–H and O–H groups in total. The predicted molar refractivity (Wildman–Crippen MR) is 119 cm³/mol. The molecule has 0 spiro atoms. The Morgan fingerprint density at radius 1 is 1.06 bits per heavy atom. The monoisotopic (exact) mass is 408 g/mol. The van der Waals surface area contributed by atoms with Gasteiger partial charge in [0, 0.05) is 48.1 Å². The number of fused-ring (bicyclic) bond motifs is 3. The number of aromatic amines is 1. The number of hydrogen-bond acceptors (Lipinski definition) is 5. The molecule has 0 saturated carbocycles. The number of benzene rings is 2. The van der Waals surface area contributed by atoms with Crippen molar-refractivity contribution in [2.24, 2.45) is 0 Å². The lowest BCUT2D eigenvalue weighted by atomic mass is 10.0. The number of aryl methyl sites for hydroxylation is 1. The number of ketones is 1. The molecule has 5 aromatic rings. The van der Waals surface area contributed by atoms with E-state index in [4.69, 9.17) is 4.98 Å². The van der Waals surface area contributed by atoms with E-state index in [0.29, 0.717) is 24.4 Å². The highest BCUT2D eigenvalue weighted by Gasteiger charge is 2.15. The topological polar surface area (TPSA) is 88.0 Å². The average molecular weight is 408 g/mol. The molecule has 3 aromatic heterocycles. The van der Waals surface area contributed by atoms with E-state index in [9.17, 15) is 4.79 Å². The van der Waals surface area contributed by atoms with Gasteiger partial charge in [-0.3, -0.25) is 9.89 Å². The van der Waals surface area contributed by atoms with E-state index in [2.05, 4.69) is 38.7 Å². The van der Waals surface area contributed by atoms with E-state index in [1.54, 1.807) is 6.20 Å². The van der Waals surface area contributed by atoms with Crippen molar-refractivity contribution in [3.63, 3.8) is 0 Å². The Morgan fingerprint density at radius 3 is 3.00 bits per heavy atom. The summed E-state index contributed by atoms with van der Waals surface area (Å²) in [7, 11) is 0. The van der Waals surface area contributed by atoms with Crippen LogP contribution in [0, 0.1) is 0 Å². The van der Waals surface area contributed by atoms with Gasteiger partial charge < -0.3 is 9.72 Å². The van der Waals surface area contributed by atoms with Crippen molar-refractivity contribution in [1.82, 2.24) is 24.6 Å². The Balaban J connectivity index is 1.41. The van der Waals surface area contributed by atoms with Crippen molar-refractivity contribution in [2.45, 2.75) is 25.7 Å². The van der Waals surface area contributed by atoms with Gasteiger partial charge in [-0.2, -0.15) is 5.10 Å². The first-order valence-electron chi connectivity index (χ1n) is 10.4. The van der Waals surface area contributed by atoms with E-state index >= 15 is 0 Å². The summed E-state index contributed by atoms with van der Waals surface area (Å²) in [5.74, 6) is 0.980. The molecule has 0 atom stereocenters. The van der Waals surface area contributed by atoms with Crippen LogP contribution in [-0.4, -0.2) is 30.3 Å². The van der Waals surface area contributed by atoms with E-state index < -0.39 is 0 Å². The van der Waals surface area contributed by atoms with Gasteiger partial charge in [0.15, 0.2) is 11.5 Å². The van der Waals surface area contributed by atoms with E-state index in [0.717, 1.165) is 51.9 Å². The molecule has 0 aliphatic heterocycles. The van der Waals surface area contributed by atoms with Gasteiger partial charge in [-0.1, -0.05) is 18.2 Å². The number of H-pyrrole nitrogens is 1. The minimum Gasteiger partial charge on any atom is -0.337 e. The average Bonchev–Trinajstić information content (AvgIpc) is 3.40. The molecule has 0 fully saturated rings. The number of nitrogens with one attached hydrogen (secondary N) is 2. The van der Waals surface area contributed by atoms with E-state index in [-0.39, 0.29) is 0 Å². The van der Waals surface area contributed by atoms with Crippen LogP contribution in [0.25, 0.3) is 27.8 Å². The standard InChI is InChI=1S/C24H20N6O/c31-20-3-1-2-15-6-7-19(10-18(15)11-20)27-23-24-25-8-9-30(24)14-22(28-23)16-4-5-17-13-26-29-21(17)12-16/h4-10,12-14H,1-3,11H2,(H,26,29)(H,27,28). The lowest BCUT2D eigenvalue weighted by molar-refractivity contribution is -0.118. The maximum absolute atomic E-state index is 12.1. The summed E-state index contributed by atoms with van der Waals surface area (Å²) >= 11 is 0. The number of hydrogen-bond donors (Lipinski definition) is 2. The quantitative estimate of drug-likeness (QED) is 0.430. The molecule has 1 aliphatic carbocycles. The van der Waals surface area contributed by atoms with Crippen LogP contribution in [0.15, 0.2) is 61.2 Å². The molecule has 152 valence electrons. The number of nitrogens with zero attached hydrogens (tertiary/aromatic N) is 4. The summed E-state index contributed by atoms with van der Waals surface area (Å²) in [6.45, 7) is 0. The molecule has 1 aliphatic rings. The highest BCUT2D eigenvalue weighted by Crippen LogP contribution is 2.28. The van der Waals surface area contributed by atoms with Crippen LogP contribution in [0.2, 0.25) is 0 Å². The zero-order chi connectivity index (χ0) is 20.8. The summed E-state index contributed by atoms with van der Waals surface area (Å²) in [6, 6.07) is 12.4. The van der Waals surface area contributed by atoms with Gasteiger partial charge in [0.05, 0.1) is 17.4 Å². The normalized spacial score (nSPS) is 14.0. The largest absolute Gasteiger partial charge is 0.337 e. The highest BCUT2D eigenvalue weighted by molar-refractivity contribution is 5.84. The minimum absolute atomic E-state index is 0.306. The second-order valence-corrected chi connectivity index (χ2v) is 7.98. The Bertz CT molecular complexity index is 1450. The zero-order valence-corrected chi connectivity index (χ0v) is 16.8. The van der Waals surface area contributed by atoms with E-state index in [1.165, 1.54) is 5.56 Å². The smallest absolute Gasteiger partial charge is 0.180 e. The summed E-state index contributed by atoms with van der Waals surface area (Å²) in [5.41, 5.74) is 6.81. The molecule has 0 amide bonds.